The van der Waals surface area contributed by atoms with Crippen LogP contribution in [0, 0.1) is 11.3 Å². The molecule has 6 heteroatoms. The number of esters is 1. The van der Waals surface area contributed by atoms with Crippen LogP contribution in [-0.4, -0.2) is 19.7 Å². The van der Waals surface area contributed by atoms with Gasteiger partial charge in [0.2, 0.25) is 0 Å². The highest BCUT2D eigenvalue weighted by atomic mass is 79.9. The molecular formula is C24H26BrNO4. The van der Waals surface area contributed by atoms with E-state index >= 15 is 0 Å². The fraction of sp³-hybridized carbons (Fsp3) is 0.333. The molecule has 0 atom stereocenters. The number of nitriles is 1. The van der Waals surface area contributed by atoms with Gasteiger partial charge in [-0.25, -0.2) is 0 Å². The van der Waals surface area contributed by atoms with Gasteiger partial charge in [-0.1, -0.05) is 32.9 Å². The number of hydrogen-bond acceptors (Lipinski definition) is 5. The summed E-state index contributed by atoms with van der Waals surface area (Å²) in [5, 5.41) is 8.61. The molecule has 0 unspecified atom stereocenters. The Labute approximate surface area is 186 Å². The molecule has 30 heavy (non-hydrogen) atoms. The molecule has 0 saturated heterocycles. The number of methoxy groups -OCH3 is 1. The van der Waals surface area contributed by atoms with Gasteiger partial charge in [-0.2, -0.15) is 5.26 Å². The molecule has 0 saturated carbocycles. The Hall–Kier alpha value is -2.78. The number of halogens is 1. The number of ether oxygens (including phenoxy) is 3. The molecule has 0 bridgehead atoms. The predicted molar refractivity (Wildman–Crippen MR) is 121 cm³/mol. The topological polar surface area (TPSA) is 68.5 Å². The first-order valence-electron chi connectivity index (χ1n) is 9.62. The maximum absolute atomic E-state index is 12.2. The Bertz CT molecular complexity index is 955. The fourth-order valence-electron chi connectivity index (χ4n) is 2.66. The standard InChI is InChI=1S/C24H26BrNO4/c1-24(2,3)18-10-12-20(19(25)16-18)29-14-6-8-23(27)30-21-11-9-17(7-5-13-26)15-22(21)28-4/h5,7,9-12,15-16H,6,8,14H2,1-4H3/b7-5-. The fourth-order valence-corrected chi connectivity index (χ4v) is 3.16. The summed E-state index contributed by atoms with van der Waals surface area (Å²) < 4.78 is 17.4. The van der Waals surface area contributed by atoms with Crippen LogP contribution < -0.4 is 14.2 Å². The number of carbonyl (C=O) groups excluding carboxylic acids is 1. The Morgan fingerprint density at radius 1 is 1.13 bits per heavy atom. The number of rotatable bonds is 8. The summed E-state index contributed by atoms with van der Waals surface area (Å²) in [5.74, 6) is 1.17. The highest BCUT2D eigenvalue weighted by Crippen LogP contribution is 2.32. The zero-order chi connectivity index (χ0) is 22.1. The summed E-state index contributed by atoms with van der Waals surface area (Å²) in [5.41, 5.74) is 2.06. The van der Waals surface area contributed by atoms with Gasteiger partial charge in [0.25, 0.3) is 0 Å². The minimum absolute atomic E-state index is 0.0656. The van der Waals surface area contributed by atoms with Crippen molar-refractivity contribution in [2.45, 2.75) is 39.0 Å². The molecule has 0 radical (unpaired) electrons. The van der Waals surface area contributed by atoms with Crippen LogP contribution in [0.5, 0.6) is 17.2 Å². The third kappa shape index (κ3) is 6.93. The van der Waals surface area contributed by atoms with Gasteiger partial charge in [-0.3, -0.25) is 4.79 Å². The van der Waals surface area contributed by atoms with E-state index in [0.717, 1.165) is 15.8 Å². The van der Waals surface area contributed by atoms with Crippen molar-refractivity contribution in [3.8, 4) is 23.3 Å². The third-order valence-corrected chi connectivity index (χ3v) is 4.96. The summed E-state index contributed by atoms with van der Waals surface area (Å²) in [6.45, 7) is 6.88. The molecule has 0 aromatic heterocycles. The number of allylic oxidation sites excluding steroid dienone is 1. The highest BCUT2D eigenvalue weighted by Gasteiger charge is 2.15. The molecule has 0 heterocycles. The summed E-state index contributed by atoms with van der Waals surface area (Å²) >= 11 is 3.55. The van der Waals surface area contributed by atoms with E-state index in [0.29, 0.717) is 24.5 Å². The van der Waals surface area contributed by atoms with Crippen LogP contribution in [0.25, 0.3) is 6.08 Å². The summed E-state index contributed by atoms with van der Waals surface area (Å²) in [4.78, 5) is 12.2. The Balaban J connectivity index is 1.86. The Kier molecular flexibility index (Phi) is 8.49. The zero-order valence-electron chi connectivity index (χ0n) is 17.7. The molecule has 0 N–H and O–H groups in total. The van der Waals surface area contributed by atoms with Crippen molar-refractivity contribution >= 4 is 28.0 Å². The summed E-state index contributed by atoms with van der Waals surface area (Å²) in [6, 6.07) is 13.1. The summed E-state index contributed by atoms with van der Waals surface area (Å²) in [6.07, 6.45) is 3.77. The van der Waals surface area contributed by atoms with E-state index in [1.165, 1.54) is 18.7 Å². The van der Waals surface area contributed by atoms with Gasteiger partial charge >= 0.3 is 5.97 Å². The molecule has 0 fully saturated rings. The molecule has 5 nitrogen and oxygen atoms in total. The molecule has 0 aliphatic carbocycles. The minimum atomic E-state index is -0.362. The van der Waals surface area contributed by atoms with Crippen LogP contribution >= 0.6 is 15.9 Å². The van der Waals surface area contributed by atoms with Gasteiger partial charge in [-0.15, -0.1) is 0 Å². The van der Waals surface area contributed by atoms with Crippen molar-refractivity contribution in [3.05, 3.63) is 58.1 Å². The second-order valence-electron chi connectivity index (χ2n) is 7.69. The molecular weight excluding hydrogens is 446 g/mol. The van der Waals surface area contributed by atoms with E-state index in [1.54, 1.807) is 24.3 Å². The van der Waals surface area contributed by atoms with E-state index in [4.69, 9.17) is 19.5 Å². The van der Waals surface area contributed by atoms with Gasteiger partial charge < -0.3 is 14.2 Å². The van der Waals surface area contributed by atoms with E-state index in [2.05, 4.69) is 48.8 Å². The van der Waals surface area contributed by atoms with Gasteiger partial charge in [0, 0.05) is 12.5 Å². The van der Waals surface area contributed by atoms with E-state index in [-0.39, 0.29) is 17.8 Å². The molecule has 158 valence electrons. The maximum atomic E-state index is 12.2. The second kappa shape index (κ2) is 10.8. The molecule has 0 amide bonds. The maximum Gasteiger partial charge on any atom is 0.311 e. The van der Waals surface area contributed by atoms with Crippen molar-refractivity contribution in [2.24, 2.45) is 0 Å². The van der Waals surface area contributed by atoms with E-state index in [1.807, 2.05) is 12.1 Å². The van der Waals surface area contributed by atoms with Crippen LogP contribution in [0.3, 0.4) is 0 Å². The lowest BCUT2D eigenvalue weighted by molar-refractivity contribution is -0.134. The molecule has 2 aromatic carbocycles. The second-order valence-corrected chi connectivity index (χ2v) is 8.55. The first-order chi connectivity index (χ1) is 14.2. The van der Waals surface area contributed by atoms with E-state index in [9.17, 15) is 4.79 Å². The quantitative estimate of drug-likeness (QED) is 0.202. The SMILES string of the molecule is COc1cc(/C=C\C#N)ccc1OC(=O)CCCOc1ccc(C(C)(C)C)cc1Br. The zero-order valence-corrected chi connectivity index (χ0v) is 19.3. The lowest BCUT2D eigenvalue weighted by atomic mass is 9.87. The van der Waals surface area contributed by atoms with Gasteiger partial charge in [0.15, 0.2) is 11.5 Å². The molecule has 0 aliphatic heterocycles. The lowest BCUT2D eigenvalue weighted by Crippen LogP contribution is -2.12. The van der Waals surface area contributed by atoms with Crippen molar-refractivity contribution in [1.29, 1.82) is 5.26 Å². The van der Waals surface area contributed by atoms with Gasteiger partial charge in [-0.05, 0) is 69.2 Å². The highest BCUT2D eigenvalue weighted by molar-refractivity contribution is 9.10. The Morgan fingerprint density at radius 3 is 2.50 bits per heavy atom. The van der Waals surface area contributed by atoms with Crippen LogP contribution in [0.2, 0.25) is 0 Å². The molecule has 2 rings (SSSR count). The predicted octanol–water partition coefficient (Wildman–Crippen LogP) is 6.06. The Morgan fingerprint density at radius 2 is 1.87 bits per heavy atom. The van der Waals surface area contributed by atoms with Crippen LogP contribution in [0.1, 0.15) is 44.7 Å². The van der Waals surface area contributed by atoms with Crippen molar-refractivity contribution < 1.29 is 19.0 Å². The van der Waals surface area contributed by atoms with Gasteiger partial charge in [0.05, 0.1) is 24.3 Å². The minimum Gasteiger partial charge on any atom is -0.493 e. The smallest absolute Gasteiger partial charge is 0.311 e. The van der Waals surface area contributed by atoms with Crippen LogP contribution in [0.4, 0.5) is 0 Å². The van der Waals surface area contributed by atoms with Crippen LogP contribution in [-0.2, 0) is 10.2 Å². The number of carbonyl (C=O) groups is 1. The molecule has 0 aliphatic rings. The van der Waals surface area contributed by atoms with Crippen molar-refractivity contribution in [2.75, 3.05) is 13.7 Å². The molecule has 0 spiro atoms. The number of hydrogen-bond donors (Lipinski definition) is 0. The monoisotopic (exact) mass is 471 g/mol. The van der Waals surface area contributed by atoms with Crippen molar-refractivity contribution in [3.63, 3.8) is 0 Å². The van der Waals surface area contributed by atoms with Crippen LogP contribution in [0.15, 0.2) is 46.9 Å². The average Bonchev–Trinajstić information content (AvgIpc) is 2.70. The van der Waals surface area contributed by atoms with Gasteiger partial charge in [0.1, 0.15) is 5.75 Å². The normalized spacial score (nSPS) is 11.2. The first kappa shape index (κ1) is 23.5. The number of nitrogens with zero attached hydrogens (tertiary/aromatic N) is 1. The average molecular weight is 472 g/mol. The summed E-state index contributed by atoms with van der Waals surface area (Å²) in [7, 11) is 1.50. The largest absolute Gasteiger partial charge is 0.493 e. The first-order valence-corrected chi connectivity index (χ1v) is 10.4. The lowest BCUT2D eigenvalue weighted by Gasteiger charge is -2.20. The van der Waals surface area contributed by atoms with Crippen molar-refractivity contribution in [1.82, 2.24) is 0 Å². The third-order valence-electron chi connectivity index (χ3n) is 4.34. The number of benzene rings is 2. The van der Waals surface area contributed by atoms with E-state index < -0.39 is 0 Å². The molecule has 2 aromatic rings.